The molecule has 1 aliphatic rings. The summed E-state index contributed by atoms with van der Waals surface area (Å²) < 4.78 is 26.4. The summed E-state index contributed by atoms with van der Waals surface area (Å²) in [6.45, 7) is 4.31. The van der Waals surface area contributed by atoms with Crippen LogP contribution in [0.1, 0.15) is 33.1 Å². The Hall–Kier alpha value is -0.390. The van der Waals surface area contributed by atoms with Crippen molar-refractivity contribution in [3.63, 3.8) is 0 Å². The molecule has 0 amide bonds. The summed E-state index contributed by atoms with van der Waals surface area (Å²) >= 11 is 3.34. The van der Waals surface area contributed by atoms with E-state index in [0.29, 0.717) is 27.6 Å². The first-order chi connectivity index (χ1) is 9.34. The zero-order chi connectivity index (χ0) is 14.9. The molecular weight excluding hydrogens is 338 g/mol. The molecule has 112 valence electrons. The lowest BCUT2D eigenvalue weighted by Gasteiger charge is -2.35. The highest BCUT2D eigenvalue weighted by Crippen LogP contribution is 2.36. The van der Waals surface area contributed by atoms with Crippen molar-refractivity contribution in [2.75, 3.05) is 0 Å². The number of halogens is 1. The van der Waals surface area contributed by atoms with Crippen LogP contribution in [0, 0.1) is 11.8 Å². The van der Waals surface area contributed by atoms with Crippen LogP contribution in [0.3, 0.4) is 0 Å². The van der Waals surface area contributed by atoms with Gasteiger partial charge in [0.05, 0.1) is 10.1 Å². The highest BCUT2D eigenvalue weighted by atomic mass is 79.9. The SMILES string of the molecule is CC(C)C1CCC(N)C(S(=O)(=O)c2ccccc2Br)C1. The maximum absolute atomic E-state index is 12.9. The van der Waals surface area contributed by atoms with Crippen molar-refractivity contribution in [2.45, 2.75) is 49.3 Å². The van der Waals surface area contributed by atoms with Crippen molar-refractivity contribution in [2.24, 2.45) is 17.6 Å². The van der Waals surface area contributed by atoms with Gasteiger partial charge in [-0.1, -0.05) is 26.0 Å². The summed E-state index contributed by atoms with van der Waals surface area (Å²) in [5.74, 6) is 0.941. The monoisotopic (exact) mass is 359 g/mol. The molecule has 0 aliphatic heterocycles. The van der Waals surface area contributed by atoms with Crippen LogP contribution in [0.5, 0.6) is 0 Å². The Morgan fingerprint density at radius 2 is 1.90 bits per heavy atom. The highest BCUT2D eigenvalue weighted by Gasteiger charge is 2.39. The summed E-state index contributed by atoms with van der Waals surface area (Å²) in [6.07, 6.45) is 2.49. The van der Waals surface area contributed by atoms with Gasteiger partial charge in [-0.2, -0.15) is 0 Å². The average molecular weight is 360 g/mol. The Morgan fingerprint density at radius 3 is 2.50 bits per heavy atom. The maximum Gasteiger partial charge on any atom is 0.183 e. The molecule has 1 aliphatic carbocycles. The molecule has 0 spiro atoms. The van der Waals surface area contributed by atoms with Crippen LogP contribution in [0.25, 0.3) is 0 Å². The fourth-order valence-electron chi connectivity index (χ4n) is 2.98. The minimum atomic E-state index is -3.38. The fourth-order valence-corrected chi connectivity index (χ4v) is 5.98. The van der Waals surface area contributed by atoms with Crippen molar-refractivity contribution in [1.29, 1.82) is 0 Å². The Bertz CT molecular complexity index is 571. The predicted octanol–water partition coefficient (Wildman–Crippen LogP) is 3.37. The predicted molar refractivity (Wildman–Crippen MR) is 85.3 cm³/mol. The topological polar surface area (TPSA) is 60.2 Å². The smallest absolute Gasteiger partial charge is 0.183 e. The molecule has 1 saturated carbocycles. The van der Waals surface area contributed by atoms with E-state index < -0.39 is 15.1 Å². The molecule has 2 rings (SSSR count). The van der Waals surface area contributed by atoms with E-state index in [2.05, 4.69) is 29.8 Å². The molecule has 0 bridgehead atoms. The molecule has 20 heavy (non-hydrogen) atoms. The van der Waals surface area contributed by atoms with Crippen molar-refractivity contribution >= 4 is 25.8 Å². The van der Waals surface area contributed by atoms with E-state index in [9.17, 15) is 8.42 Å². The molecule has 0 saturated heterocycles. The largest absolute Gasteiger partial charge is 0.327 e. The lowest BCUT2D eigenvalue weighted by Crippen LogP contribution is -2.46. The molecule has 0 heterocycles. The Kier molecular flexibility index (Phi) is 4.92. The van der Waals surface area contributed by atoms with Gasteiger partial charge in [-0.3, -0.25) is 0 Å². The van der Waals surface area contributed by atoms with E-state index in [0.717, 1.165) is 12.8 Å². The maximum atomic E-state index is 12.9. The molecule has 3 nitrogen and oxygen atoms in total. The minimum absolute atomic E-state index is 0.262. The molecule has 2 N–H and O–H groups in total. The Labute approximate surface area is 130 Å². The van der Waals surface area contributed by atoms with Crippen LogP contribution in [0.4, 0.5) is 0 Å². The van der Waals surface area contributed by atoms with Crippen molar-refractivity contribution in [3.05, 3.63) is 28.7 Å². The average Bonchev–Trinajstić information content (AvgIpc) is 2.39. The molecule has 1 fully saturated rings. The van der Waals surface area contributed by atoms with Crippen LogP contribution < -0.4 is 5.73 Å². The molecule has 1 aromatic rings. The third-order valence-corrected chi connectivity index (χ3v) is 7.63. The number of hydrogen-bond donors (Lipinski definition) is 1. The summed E-state index contributed by atoms with van der Waals surface area (Å²) in [4.78, 5) is 0.366. The van der Waals surface area contributed by atoms with Gasteiger partial charge in [0.2, 0.25) is 0 Å². The summed E-state index contributed by atoms with van der Waals surface area (Å²) in [7, 11) is -3.38. The van der Waals surface area contributed by atoms with Gasteiger partial charge in [0, 0.05) is 10.5 Å². The molecule has 3 atom stereocenters. The molecule has 3 unspecified atom stereocenters. The summed E-state index contributed by atoms with van der Waals surface area (Å²) in [6, 6.07) is 6.74. The van der Waals surface area contributed by atoms with E-state index >= 15 is 0 Å². The van der Waals surface area contributed by atoms with E-state index in [1.165, 1.54) is 0 Å². The number of benzene rings is 1. The van der Waals surface area contributed by atoms with Crippen molar-refractivity contribution in [1.82, 2.24) is 0 Å². The zero-order valence-electron chi connectivity index (χ0n) is 11.9. The lowest BCUT2D eigenvalue weighted by molar-refractivity contribution is 0.261. The van der Waals surface area contributed by atoms with Crippen LogP contribution in [0.15, 0.2) is 33.6 Å². The first kappa shape index (κ1) is 16.0. The molecule has 5 heteroatoms. The number of hydrogen-bond acceptors (Lipinski definition) is 3. The summed E-state index contributed by atoms with van der Waals surface area (Å²) in [5.41, 5.74) is 6.12. The van der Waals surface area contributed by atoms with Gasteiger partial charge in [-0.15, -0.1) is 0 Å². The third-order valence-electron chi connectivity index (χ3n) is 4.37. The normalized spacial score (nSPS) is 27.8. The second-order valence-corrected chi connectivity index (χ2v) is 8.98. The third kappa shape index (κ3) is 3.10. The first-order valence-corrected chi connectivity index (χ1v) is 9.42. The lowest BCUT2D eigenvalue weighted by atomic mass is 9.79. The standard InChI is InChI=1S/C15H22BrNO2S/c1-10(2)11-7-8-13(17)15(9-11)20(18,19)14-6-4-3-5-12(14)16/h3-6,10-11,13,15H,7-9,17H2,1-2H3. The van der Waals surface area contributed by atoms with E-state index in [1.54, 1.807) is 18.2 Å². The quantitative estimate of drug-likeness (QED) is 0.899. The second-order valence-electron chi connectivity index (χ2n) is 5.99. The van der Waals surface area contributed by atoms with Crippen molar-refractivity contribution < 1.29 is 8.42 Å². The Morgan fingerprint density at radius 1 is 1.25 bits per heavy atom. The number of sulfone groups is 1. The van der Waals surface area contributed by atoms with Gasteiger partial charge in [-0.25, -0.2) is 8.42 Å². The van der Waals surface area contributed by atoms with Gasteiger partial charge in [0.1, 0.15) is 0 Å². The number of rotatable bonds is 3. The van der Waals surface area contributed by atoms with Crippen LogP contribution >= 0.6 is 15.9 Å². The van der Waals surface area contributed by atoms with Crippen LogP contribution in [-0.4, -0.2) is 19.7 Å². The number of nitrogens with two attached hydrogens (primary N) is 1. The van der Waals surface area contributed by atoms with Crippen LogP contribution in [0.2, 0.25) is 0 Å². The van der Waals surface area contributed by atoms with Gasteiger partial charge >= 0.3 is 0 Å². The molecular formula is C15H22BrNO2S. The van der Waals surface area contributed by atoms with Crippen molar-refractivity contribution in [3.8, 4) is 0 Å². The minimum Gasteiger partial charge on any atom is -0.327 e. The fraction of sp³-hybridized carbons (Fsp3) is 0.600. The van der Waals surface area contributed by atoms with Gasteiger partial charge in [0.25, 0.3) is 0 Å². The van der Waals surface area contributed by atoms with E-state index in [4.69, 9.17) is 5.73 Å². The molecule has 1 aromatic carbocycles. The first-order valence-electron chi connectivity index (χ1n) is 7.08. The Balaban J connectivity index is 2.35. The zero-order valence-corrected chi connectivity index (χ0v) is 14.3. The van der Waals surface area contributed by atoms with Gasteiger partial charge in [0.15, 0.2) is 9.84 Å². The van der Waals surface area contributed by atoms with Gasteiger partial charge in [-0.05, 0) is 59.2 Å². The van der Waals surface area contributed by atoms with E-state index in [-0.39, 0.29) is 6.04 Å². The highest BCUT2D eigenvalue weighted by molar-refractivity contribution is 9.10. The van der Waals surface area contributed by atoms with Gasteiger partial charge < -0.3 is 5.73 Å². The van der Waals surface area contributed by atoms with Crippen LogP contribution in [-0.2, 0) is 9.84 Å². The molecule has 0 aromatic heterocycles. The molecule has 0 radical (unpaired) electrons. The summed E-state index contributed by atoms with van der Waals surface area (Å²) in [5, 5.41) is -0.470. The second kappa shape index (κ2) is 6.16. The van der Waals surface area contributed by atoms with E-state index in [1.807, 2.05) is 6.07 Å².